The first-order valence-corrected chi connectivity index (χ1v) is 7.26. The maximum absolute atomic E-state index is 11.5. The predicted molar refractivity (Wildman–Crippen MR) is 87.9 cm³/mol. The van der Waals surface area contributed by atoms with Gasteiger partial charge in [0.05, 0.1) is 0 Å². The second-order valence-corrected chi connectivity index (χ2v) is 6.18. The molecule has 0 unspecified atom stereocenters. The molecule has 23 heavy (non-hydrogen) atoms. The summed E-state index contributed by atoms with van der Waals surface area (Å²) in [6.45, 7) is 4.78. The summed E-state index contributed by atoms with van der Waals surface area (Å²) in [5.41, 5.74) is 0.254. The molecular formula is C16H19ClN2O4. The van der Waals surface area contributed by atoms with Crippen molar-refractivity contribution in [1.29, 1.82) is 0 Å². The Balaban J connectivity index is 2.38. The highest BCUT2D eigenvalue weighted by Crippen LogP contribution is 2.11. The topological polar surface area (TPSA) is 84.5 Å². The van der Waals surface area contributed by atoms with Gasteiger partial charge in [-0.3, -0.25) is 10.1 Å². The highest BCUT2D eigenvalue weighted by Gasteiger charge is 2.16. The Morgan fingerprint density at radius 2 is 1.96 bits per heavy atom. The van der Waals surface area contributed by atoms with Gasteiger partial charge in [0.25, 0.3) is 5.91 Å². The van der Waals surface area contributed by atoms with Crippen molar-refractivity contribution >= 4 is 35.6 Å². The summed E-state index contributed by atoms with van der Waals surface area (Å²) in [6, 6.07) is 6.25. The zero-order chi connectivity index (χ0) is 17.5. The fourth-order valence-corrected chi connectivity index (χ4v) is 1.69. The van der Waals surface area contributed by atoms with E-state index in [-0.39, 0.29) is 0 Å². The van der Waals surface area contributed by atoms with Crippen LogP contribution in [0.4, 0.5) is 4.79 Å². The van der Waals surface area contributed by atoms with Crippen molar-refractivity contribution in [3.8, 4) is 0 Å². The Morgan fingerprint density at radius 1 is 1.26 bits per heavy atom. The van der Waals surface area contributed by atoms with Gasteiger partial charge in [0.15, 0.2) is 6.61 Å². The molecule has 7 heteroatoms. The summed E-state index contributed by atoms with van der Waals surface area (Å²) in [4.78, 5) is 34.4. The number of halogens is 1. The summed E-state index contributed by atoms with van der Waals surface area (Å²) in [5, 5.41) is 5.16. The van der Waals surface area contributed by atoms with E-state index < -0.39 is 30.1 Å². The van der Waals surface area contributed by atoms with Crippen LogP contribution in [0.25, 0.3) is 6.08 Å². The molecule has 0 aromatic heterocycles. The Morgan fingerprint density at radius 3 is 2.57 bits per heavy atom. The average Bonchev–Trinajstić information content (AvgIpc) is 2.40. The molecule has 0 aliphatic carbocycles. The van der Waals surface area contributed by atoms with Gasteiger partial charge in [-0.1, -0.05) is 23.7 Å². The molecule has 1 aromatic rings. The number of amides is 3. The second kappa shape index (κ2) is 8.33. The molecule has 1 rings (SSSR count). The normalized spacial score (nSPS) is 11.1. The number of imide groups is 1. The van der Waals surface area contributed by atoms with Gasteiger partial charge in [0.1, 0.15) is 0 Å². The fourth-order valence-electron chi connectivity index (χ4n) is 1.49. The smallest absolute Gasteiger partial charge is 0.331 e. The molecule has 0 fully saturated rings. The van der Waals surface area contributed by atoms with Gasteiger partial charge in [0.2, 0.25) is 0 Å². The van der Waals surface area contributed by atoms with E-state index in [1.165, 1.54) is 12.2 Å². The molecule has 2 N–H and O–H groups in total. The van der Waals surface area contributed by atoms with E-state index in [4.69, 9.17) is 16.3 Å². The molecule has 124 valence electrons. The molecule has 0 saturated carbocycles. The number of urea groups is 1. The van der Waals surface area contributed by atoms with E-state index in [2.05, 4.69) is 10.6 Å². The summed E-state index contributed by atoms with van der Waals surface area (Å²) in [5.74, 6) is -1.41. The Kier molecular flexibility index (Phi) is 6.78. The van der Waals surface area contributed by atoms with Gasteiger partial charge in [0, 0.05) is 16.6 Å². The number of ether oxygens (including phenoxy) is 1. The van der Waals surface area contributed by atoms with Crippen LogP contribution >= 0.6 is 11.6 Å². The van der Waals surface area contributed by atoms with Crippen LogP contribution in [0.2, 0.25) is 5.02 Å². The lowest BCUT2D eigenvalue weighted by molar-refractivity contribution is -0.143. The van der Waals surface area contributed by atoms with E-state index in [1.54, 1.807) is 45.0 Å². The zero-order valence-corrected chi connectivity index (χ0v) is 13.9. The van der Waals surface area contributed by atoms with E-state index in [9.17, 15) is 14.4 Å². The van der Waals surface area contributed by atoms with E-state index in [0.29, 0.717) is 5.02 Å². The predicted octanol–water partition coefficient (Wildman–Crippen LogP) is 2.52. The number of rotatable bonds is 4. The van der Waals surface area contributed by atoms with Crippen molar-refractivity contribution in [2.24, 2.45) is 0 Å². The molecule has 0 heterocycles. The molecule has 1 aromatic carbocycles. The molecule has 3 amide bonds. The highest BCUT2D eigenvalue weighted by atomic mass is 35.5. The molecule has 0 atom stereocenters. The first kappa shape index (κ1) is 18.7. The lowest BCUT2D eigenvalue weighted by Crippen LogP contribution is -2.49. The third kappa shape index (κ3) is 8.63. The van der Waals surface area contributed by atoms with E-state index >= 15 is 0 Å². The molecular weight excluding hydrogens is 320 g/mol. The molecule has 0 aliphatic rings. The number of carbonyl (C=O) groups is 3. The van der Waals surface area contributed by atoms with Crippen molar-refractivity contribution in [2.45, 2.75) is 26.3 Å². The number of hydrogen-bond donors (Lipinski definition) is 2. The third-order valence-electron chi connectivity index (χ3n) is 2.35. The molecule has 0 aliphatic heterocycles. The van der Waals surface area contributed by atoms with E-state index in [1.807, 2.05) is 0 Å². The second-order valence-electron chi connectivity index (χ2n) is 5.75. The third-order valence-corrected chi connectivity index (χ3v) is 2.58. The van der Waals surface area contributed by atoms with Crippen LogP contribution in [0.15, 0.2) is 30.3 Å². The van der Waals surface area contributed by atoms with Crippen molar-refractivity contribution in [1.82, 2.24) is 10.6 Å². The first-order valence-electron chi connectivity index (χ1n) is 6.88. The van der Waals surface area contributed by atoms with Crippen LogP contribution in [-0.2, 0) is 14.3 Å². The fraction of sp³-hybridized carbons (Fsp3) is 0.312. The maximum atomic E-state index is 11.5. The molecule has 0 radical (unpaired) electrons. The number of hydrogen-bond acceptors (Lipinski definition) is 4. The van der Waals surface area contributed by atoms with Gasteiger partial charge in [-0.15, -0.1) is 0 Å². The van der Waals surface area contributed by atoms with Crippen LogP contribution in [0, 0.1) is 0 Å². The summed E-state index contributed by atoms with van der Waals surface area (Å²) in [7, 11) is 0. The maximum Gasteiger partial charge on any atom is 0.331 e. The molecule has 0 bridgehead atoms. The van der Waals surface area contributed by atoms with Gasteiger partial charge in [-0.05, 0) is 44.5 Å². The standard InChI is InChI=1S/C16H19ClN2O4/c1-16(2,3)19-15(22)18-13(20)10-23-14(21)8-7-11-5-4-6-12(17)9-11/h4-9H,10H2,1-3H3,(H2,18,19,20,22)/b8-7+. The largest absolute Gasteiger partial charge is 0.452 e. The number of benzene rings is 1. The number of esters is 1. The van der Waals surface area contributed by atoms with Crippen molar-refractivity contribution in [3.05, 3.63) is 40.9 Å². The average molecular weight is 339 g/mol. The SMILES string of the molecule is CC(C)(C)NC(=O)NC(=O)COC(=O)/C=C/c1cccc(Cl)c1. The van der Waals surface area contributed by atoms with E-state index in [0.717, 1.165) is 5.56 Å². The minimum atomic E-state index is -0.712. The van der Waals surface area contributed by atoms with Gasteiger partial charge >= 0.3 is 12.0 Å². The zero-order valence-electron chi connectivity index (χ0n) is 13.2. The lowest BCUT2D eigenvalue weighted by atomic mass is 10.1. The minimum absolute atomic E-state index is 0.471. The molecule has 0 saturated heterocycles. The highest BCUT2D eigenvalue weighted by molar-refractivity contribution is 6.30. The van der Waals surface area contributed by atoms with Crippen LogP contribution < -0.4 is 10.6 Å². The van der Waals surface area contributed by atoms with Crippen LogP contribution in [0.3, 0.4) is 0 Å². The molecule has 0 spiro atoms. The van der Waals surface area contributed by atoms with Crippen molar-refractivity contribution in [3.63, 3.8) is 0 Å². The van der Waals surface area contributed by atoms with Crippen molar-refractivity contribution < 1.29 is 19.1 Å². The number of nitrogens with one attached hydrogen (secondary N) is 2. The summed E-state index contributed by atoms with van der Waals surface area (Å²) < 4.78 is 4.74. The van der Waals surface area contributed by atoms with Gasteiger partial charge < -0.3 is 10.1 Å². The monoisotopic (exact) mass is 338 g/mol. The summed E-state index contributed by atoms with van der Waals surface area (Å²) in [6.07, 6.45) is 2.69. The Hall–Kier alpha value is -2.34. The van der Waals surface area contributed by atoms with Crippen molar-refractivity contribution in [2.75, 3.05) is 6.61 Å². The summed E-state index contributed by atoms with van der Waals surface area (Å²) >= 11 is 5.82. The number of carbonyl (C=O) groups excluding carboxylic acids is 3. The molecule has 6 nitrogen and oxygen atoms in total. The quantitative estimate of drug-likeness (QED) is 0.652. The Bertz CT molecular complexity index is 621. The van der Waals surface area contributed by atoms with Gasteiger partial charge in [-0.2, -0.15) is 0 Å². The Labute approximate surface area is 139 Å². The van der Waals surface area contributed by atoms with Crippen LogP contribution in [-0.4, -0.2) is 30.1 Å². The van der Waals surface area contributed by atoms with Gasteiger partial charge in [-0.25, -0.2) is 9.59 Å². The first-order chi connectivity index (χ1) is 10.7. The van der Waals surface area contributed by atoms with Crippen LogP contribution in [0.5, 0.6) is 0 Å². The lowest BCUT2D eigenvalue weighted by Gasteiger charge is -2.20. The minimum Gasteiger partial charge on any atom is -0.452 e. The van der Waals surface area contributed by atoms with Crippen LogP contribution in [0.1, 0.15) is 26.3 Å².